The van der Waals surface area contributed by atoms with Crippen molar-refractivity contribution in [2.24, 2.45) is 5.92 Å². The van der Waals surface area contributed by atoms with Gasteiger partial charge in [-0.3, -0.25) is 0 Å². The average molecular weight is 283 g/mol. The first-order valence-corrected chi connectivity index (χ1v) is 7.10. The van der Waals surface area contributed by atoms with Gasteiger partial charge in [-0.1, -0.05) is 50.1 Å². The molecular formula is C16H20ClFO. The van der Waals surface area contributed by atoms with Gasteiger partial charge in [0, 0.05) is 5.56 Å². The van der Waals surface area contributed by atoms with E-state index in [0.717, 1.165) is 25.7 Å². The number of unbranched alkanes of at least 4 members (excludes halogenated alkanes) is 1. The molecule has 2 atom stereocenters. The van der Waals surface area contributed by atoms with Gasteiger partial charge in [0.05, 0.1) is 5.02 Å². The average Bonchev–Trinajstić information content (AvgIpc) is 2.41. The lowest BCUT2D eigenvalue weighted by Gasteiger charge is -2.16. The molecule has 0 saturated carbocycles. The number of aliphatic hydroxyl groups is 1. The van der Waals surface area contributed by atoms with Gasteiger partial charge in [0.15, 0.2) is 0 Å². The van der Waals surface area contributed by atoms with Crippen LogP contribution in [0, 0.1) is 23.6 Å². The van der Waals surface area contributed by atoms with Gasteiger partial charge in [0.25, 0.3) is 0 Å². The fourth-order valence-corrected chi connectivity index (χ4v) is 2.02. The van der Waals surface area contributed by atoms with Crippen molar-refractivity contribution in [3.8, 4) is 11.8 Å². The highest BCUT2D eigenvalue weighted by Crippen LogP contribution is 2.17. The van der Waals surface area contributed by atoms with Crippen LogP contribution in [0.3, 0.4) is 0 Å². The Kier molecular flexibility index (Phi) is 6.91. The summed E-state index contributed by atoms with van der Waals surface area (Å²) in [6.07, 6.45) is 3.41. The van der Waals surface area contributed by atoms with E-state index < -0.39 is 11.9 Å². The van der Waals surface area contributed by atoms with Gasteiger partial charge in [-0.05, 0) is 37.0 Å². The van der Waals surface area contributed by atoms with Gasteiger partial charge in [-0.15, -0.1) is 0 Å². The van der Waals surface area contributed by atoms with Crippen molar-refractivity contribution in [2.75, 3.05) is 0 Å². The molecule has 0 aliphatic rings. The number of hydrogen-bond acceptors (Lipinski definition) is 1. The highest BCUT2D eigenvalue weighted by Gasteiger charge is 2.14. The SMILES string of the molecule is CCCCC(CC)C(O)C#Cc1ccc(Cl)c(F)c1. The van der Waals surface area contributed by atoms with Gasteiger partial charge in [-0.2, -0.15) is 0 Å². The standard InChI is InChI=1S/C16H20ClFO/c1-3-5-6-13(4-2)16(19)10-8-12-7-9-14(17)15(18)11-12/h7,9,11,13,16,19H,3-6H2,1-2H3. The molecule has 0 fully saturated rings. The number of hydrogen-bond donors (Lipinski definition) is 1. The topological polar surface area (TPSA) is 20.2 Å². The molecule has 0 bridgehead atoms. The normalized spacial score (nSPS) is 13.5. The Hall–Kier alpha value is -1.04. The van der Waals surface area contributed by atoms with E-state index in [1.165, 1.54) is 12.1 Å². The quantitative estimate of drug-likeness (QED) is 0.793. The van der Waals surface area contributed by atoms with Crippen LogP contribution < -0.4 is 0 Å². The molecule has 104 valence electrons. The number of benzene rings is 1. The summed E-state index contributed by atoms with van der Waals surface area (Å²) in [5.41, 5.74) is 0.534. The predicted octanol–water partition coefficient (Wildman–Crippen LogP) is 4.41. The molecule has 0 aliphatic carbocycles. The van der Waals surface area contributed by atoms with E-state index in [4.69, 9.17) is 11.6 Å². The lowest BCUT2D eigenvalue weighted by molar-refractivity contribution is 0.150. The monoisotopic (exact) mass is 282 g/mol. The van der Waals surface area contributed by atoms with Crippen molar-refractivity contribution in [3.63, 3.8) is 0 Å². The van der Waals surface area contributed by atoms with E-state index >= 15 is 0 Å². The molecule has 0 aromatic heterocycles. The summed E-state index contributed by atoms with van der Waals surface area (Å²) in [5, 5.41) is 10.1. The van der Waals surface area contributed by atoms with E-state index in [1.54, 1.807) is 6.07 Å². The van der Waals surface area contributed by atoms with E-state index in [1.807, 2.05) is 6.92 Å². The minimum absolute atomic E-state index is 0.0838. The lowest BCUT2D eigenvalue weighted by Crippen LogP contribution is -2.17. The summed E-state index contributed by atoms with van der Waals surface area (Å²) in [4.78, 5) is 0. The molecule has 0 saturated heterocycles. The highest BCUT2D eigenvalue weighted by atomic mass is 35.5. The first kappa shape index (κ1) is 16.0. The second kappa shape index (κ2) is 8.19. The Labute approximate surface area is 119 Å². The van der Waals surface area contributed by atoms with Crippen molar-refractivity contribution in [1.29, 1.82) is 0 Å². The van der Waals surface area contributed by atoms with Crippen molar-refractivity contribution in [3.05, 3.63) is 34.6 Å². The van der Waals surface area contributed by atoms with Crippen LogP contribution >= 0.6 is 11.6 Å². The molecular weight excluding hydrogens is 263 g/mol. The minimum Gasteiger partial charge on any atom is -0.380 e. The lowest BCUT2D eigenvalue weighted by atomic mass is 9.93. The van der Waals surface area contributed by atoms with Gasteiger partial charge in [-0.25, -0.2) is 4.39 Å². The molecule has 1 aromatic carbocycles. The highest BCUT2D eigenvalue weighted by molar-refractivity contribution is 6.30. The fourth-order valence-electron chi connectivity index (χ4n) is 1.90. The number of halogens is 2. The van der Waals surface area contributed by atoms with Crippen LogP contribution in [-0.2, 0) is 0 Å². The molecule has 2 unspecified atom stereocenters. The third kappa shape index (κ3) is 5.22. The van der Waals surface area contributed by atoms with Crippen molar-refractivity contribution in [2.45, 2.75) is 45.6 Å². The van der Waals surface area contributed by atoms with Crippen molar-refractivity contribution >= 4 is 11.6 Å². The molecule has 0 aliphatic heterocycles. The molecule has 19 heavy (non-hydrogen) atoms. The Bertz CT molecular complexity index is 462. The zero-order valence-corrected chi connectivity index (χ0v) is 12.2. The molecule has 0 spiro atoms. The number of rotatable bonds is 5. The van der Waals surface area contributed by atoms with Crippen LogP contribution in [0.15, 0.2) is 18.2 Å². The Balaban J connectivity index is 2.71. The molecule has 1 rings (SSSR count). The Morgan fingerprint density at radius 1 is 1.37 bits per heavy atom. The van der Waals surface area contributed by atoms with Crippen molar-refractivity contribution < 1.29 is 9.50 Å². The first-order chi connectivity index (χ1) is 9.08. The summed E-state index contributed by atoms with van der Waals surface area (Å²) < 4.78 is 13.2. The summed E-state index contributed by atoms with van der Waals surface area (Å²) in [7, 11) is 0. The van der Waals surface area contributed by atoms with E-state index in [2.05, 4.69) is 18.8 Å². The van der Waals surface area contributed by atoms with Crippen LogP contribution in [0.1, 0.15) is 45.1 Å². The van der Waals surface area contributed by atoms with E-state index in [9.17, 15) is 9.50 Å². The maximum Gasteiger partial charge on any atom is 0.143 e. The largest absolute Gasteiger partial charge is 0.380 e. The van der Waals surface area contributed by atoms with Crippen LogP contribution in [0.25, 0.3) is 0 Å². The van der Waals surface area contributed by atoms with Gasteiger partial charge >= 0.3 is 0 Å². The smallest absolute Gasteiger partial charge is 0.143 e. The second-order valence-electron chi connectivity index (χ2n) is 4.65. The molecule has 0 heterocycles. The third-order valence-electron chi connectivity index (χ3n) is 3.18. The fraction of sp³-hybridized carbons (Fsp3) is 0.500. The number of aliphatic hydroxyl groups excluding tert-OH is 1. The predicted molar refractivity (Wildman–Crippen MR) is 77.6 cm³/mol. The molecule has 0 amide bonds. The van der Waals surface area contributed by atoms with Gasteiger partial charge in [0.1, 0.15) is 11.9 Å². The molecule has 1 nitrogen and oxygen atoms in total. The summed E-state index contributed by atoms with van der Waals surface area (Å²) >= 11 is 5.60. The van der Waals surface area contributed by atoms with Crippen LogP contribution in [-0.4, -0.2) is 11.2 Å². The van der Waals surface area contributed by atoms with E-state index in [-0.39, 0.29) is 10.9 Å². The molecule has 3 heteroatoms. The van der Waals surface area contributed by atoms with Crippen molar-refractivity contribution in [1.82, 2.24) is 0 Å². The second-order valence-corrected chi connectivity index (χ2v) is 5.06. The van der Waals surface area contributed by atoms with Gasteiger partial charge in [0.2, 0.25) is 0 Å². The summed E-state index contributed by atoms with van der Waals surface area (Å²) in [6.45, 7) is 4.18. The zero-order chi connectivity index (χ0) is 14.3. The minimum atomic E-state index is -0.657. The summed E-state index contributed by atoms with van der Waals surface area (Å²) in [6, 6.07) is 4.41. The molecule has 1 N–H and O–H groups in total. The maximum atomic E-state index is 13.2. The van der Waals surface area contributed by atoms with Gasteiger partial charge < -0.3 is 5.11 Å². The Morgan fingerprint density at radius 2 is 2.11 bits per heavy atom. The van der Waals surface area contributed by atoms with Crippen LogP contribution in [0.2, 0.25) is 5.02 Å². The van der Waals surface area contributed by atoms with Crippen LogP contribution in [0.4, 0.5) is 4.39 Å². The zero-order valence-electron chi connectivity index (χ0n) is 11.4. The molecule has 1 aromatic rings. The summed E-state index contributed by atoms with van der Waals surface area (Å²) in [5.74, 6) is 5.31. The maximum absolute atomic E-state index is 13.2. The first-order valence-electron chi connectivity index (χ1n) is 6.73. The van der Waals surface area contributed by atoms with E-state index in [0.29, 0.717) is 5.56 Å². The Morgan fingerprint density at radius 3 is 2.68 bits per heavy atom. The van der Waals surface area contributed by atoms with Crippen LogP contribution in [0.5, 0.6) is 0 Å². The third-order valence-corrected chi connectivity index (χ3v) is 3.49. The molecule has 0 radical (unpaired) electrons.